The van der Waals surface area contributed by atoms with E-state index in [1.807, 2.05) is 30.3 Å². The van der Waals surface area contributed by atoms with Crippen molar-refractivity contribution in [2.45, 2.75) is 34.1 Å². The molecule has 0 saturated heterocycles. The number of hydrogen-bond acceptors (Lipinski definition) is 2. The van der Waals surface area contributed by atoms with E-state index in [2.05, 4.69) is 24.1 Å². The number of nitrogens with one attached hydrogen (secondary N) is 2. The maximum Gasteiger partial charge on any atom is 0.257 e. The normalized spacial score (nSPS) is 15.6. The first-order valence-electron chi connectivity index (χ1n) is 7.06. The van der Waals surface area contributed by atoms with Crippen molar-refractivity contribution in [1.82, 2.24) is 4.98 Å². The quantitative estimate of drug-likeness (QED) is 0.878. The van der Waals surface area contributed by atoms with E-state index in [9.17, 15) is 9.59 Å². The Labute approximate surface area is 130 Å². The molecule has 0 bridgehead atoms. The second-order valence-corrected chi connectivity index (χ2v) is 6.32. The molecule has 1 aromatic carbocycles. The molecule has 2 N–H and O–H groups in total. The number of ketones is 1. The smallest absolute Gasteiger partial charge is 0.257 e. The van der Waals surface area contributed by atoms with Gasteiger partial charge in [-0.2, -0.15) is 0 Å². The number of H-pyrrole nitrogens is 1. The molecule has 4 nitrogen and oxygen atoms in total. The molecule has 1 aliphatic carbocycles. The SMILES string of the molecule is C.CC1(C)CC(=O)c2c(C(=O)Nc3ccccc3)c[nH]c2C1. The van der Waals surface area contributed by atoms with Crippen LogP contribution in [0.3, 0.4) is 0 Å². The molecular formula is C18H22N2O2. The summed E-state index contributed by atoms with van der Waals surface area (Å²) in [6, 6.07) is 9.25. The minimum absolute atomic E-state index is 0. The fourth-order valence-corrected chi connectivity index (χ4v) is 2.89. The Balaban J connectivity index is 0.00000176. The van der Waals surface area contributed by atoms with Gasteiger partial charge in [-0.25, -0.2) is 0 Å². The summed E-state index contributed by atoms with van der Waals surface area (Å²) >= 11 is 0. The lowest BCUT2D eigenvalue weighted by Gasteiger charge is -2.28. The van der Waals surface area contributed by atoms with E-state index < -0.39 is 0 Å². The highest BCUT2D eigenvalue weighted by molar-refractivity contribution is 6.13. The van der Waals surface area contributed by atoms with Crippen LogP contribution in [0, 0.1) is 5.41 Å². The molecule has 0 fully saturated rings. The van der Waals surface area contributed by atoms with Crippen LogP contribution in [0.2, 0.25) is 0 Å². The van der Waals surface area contributed by atoms with E-state index in [4.69, 9.17) is 0 Å². The maximum absolute atomic E-state index is 12.4. The van der Waals surface area contributed by atoms with E-state index >= 15 is 0 Å². The Morgan fingerprint density at radius 3 is 2.55 bits per heavy atom. The third-order valence-electron chi connectivity index (χ3n) is 3.81. The summed E-state index contributed by atoms with van der Waals surface area (Å²) in [6.07, 6.45) is 2.90. The zero-order valence-electron chi connectivity index (χ0n) is 12.2. The molecule has 4 heteroatoms. The fourth-order valence-electron chi connectivity index (χ4n) is 2.89. The molecule has 2 aromatic rings. The average Bonchev–Trinajstić information content (AvgIpc) is 2.82. The summed E-state index contributed by atoms with van der Waals surface area (Å²) in [5, 5.41) is 2.82. The van der Waals surface area contributed by atoms with Crippen molar-refractivity contribution in [3.05, 3.63) is 53.3 Å². The number of amides is 1. The van der Waals surface area contributed by atoms with Crippen molar-refractivity contribution >= 4 is 17.4 Å². The van der Waals surface area contributed by atoms with Gasteiger partial charge in [0.25, 0.3) is 5.91 Å². The number of rotatable bonds is 2. The number of aromatic nitrogens is 1. The second-order valence-electron chi connectivity index (χ2n) is 6.32. The number of aromatic amines is 1. The van der Waals surface area contributed by atoms with Crippen molar-refractivity contribution in [3.8, 4) is 0 Å². The summed E-state index contributed by atoms with van der Waals surface area (Å²) in [6.45, 7) is 4.14. The van der Waals surface area contributed by atoms with Gasteiger partial charge in [0.05, 0.1) is 11.1 Å². The molecule has 1 aromatic heterocycles. The van der Waals surface area contributed by atoms with Crippen LogP contribution in [-0.4, -0.2) is 16.7 Å². The molecule has 0 aliphatic heterocycles. The molecular weight excluding hydrogens is 276 g/mol. The zero-order chi connectivity index (χ0) is 15.0. The number of para-hydroxylation sites is 1. The summed E-state index contributed by atoms with van der Waals surface area (Å²) in [4.78, 5) is 27.8. The van der Waals surface area contributed by atoms with Crippen LogP contribution in [0.15, 0.2) is 36.5 Å². The van der Waals surface area contributed by atoms with Gasteiger partial charge in [-0.3, -0.25) is 9.59 Å². The summed E-state index contributed by atoms with van der Waals surface area (Å²) < 4.78 is 0. The standard InChI is InChI=1S/C17H18N2O2.CH4/c1-17(2)8-13-15(14(20)9-17)12(10-18-13)16(21)19-11-6-4-3-5-7-11;/h3-7,10,18H,8-9H2,1-2H3,(H,19,21);1H4. The summed E-state index contributed by atoms with van der Waals surface area (Å²) in [7, 11) is 0. The largest absolute Gasteiger partial charge is 0.364 e. The Hall–Kier alpha value is -2.36. The van der Waals surface area contributed by atoms with Gasteiger partial charge in [0, 0.05) is 24.0 Å². The number of hydrogen-bond donors (Lipinski definition) is 2. The number of Topliss-reactive ketones (excluding diaryl/α,β-unsaturated/α-hetero) is 1. The molecule has 22 heavy (non-hydrogen) atoms. The topological polar surface area (TPSA) is 62.0 Å². The third kappa shape index (κ3) is 2.96. The molecule has 1 amide bonds. The summed E-state index contributed by atoms with van der Waals surface area (Å²) in [5.41, 5.74) is 2.54. The highest BCUT2D eigenvalue weighted by Gasteiger charge is 2.35. The van der Waals surface area contributed by atoms with Gasteiger partial charge >= 0.3 is 0 Å². The minimum atomic E-state index is -0.244. The number of carbonyl (C=O) groups is 2. The Morgan fingerprint density at radius 1 is 1.18 bits per heavy atom. The minimum Gasteiger partial charge on any atom is -0.364 e. The zero-order valence-corrected chi connectivity index (χ0v) is 12.2. The van der Waals surface area contributed by atoms with Gasteiger partial charge in [-0.1, -0.05) is 39.5 Å². The molecule has 0 atom stereocenters. The monoisotopic (exact) mass is 298 g/mol. The third-order valence-corrected chi connectivity index (χ3v) is 3.81. The number of anilines is 1. The van der Waals surface area contributed by atoms with Gasteiger partial charge in [-0.05, 0) is 24.0 Å². The molecule has 3 rings (SSSR count). The predicted molar refractivity (Wildman–Crippen MR) is 88.4 cm³/mol. The molecule has 0 unspecified atom stereocenters. The first kappa shape index (κ1) is 16.0. The number of carbonyl (C=O) groups excluding carboxylic acids is 2. The highest BCUT2D eigenvalue weighted by atomic mass is 16.2. The van der Waals surface area contributed by atoms with Crippen LogP contribution in [0.4, 0.5) is 5.69 Å². The molecule has 1 aliphatic rings. The van der Waals surface area contributed by atoms with E-state index in [0.29, 0.717) is 17.5 Å². The van der Waals surface area contributed by atoms with Gasteiger partial charge in [0.2, 0.25) is 0 Å². The average molecular weight is 298 g/mol. The van der Waals surface area contributed by atoms with E-state index in [-0.39, 0.29) is 24.5 Å². The van der Waals surface area contributed by atoms with Crippen LogP contribution < -0.4 is 5.32 Å². The van der Waals surface area contributed by atoms with Crippen molar-refractivity contribution in [2.75, 3.05) is 5.32 Å². The predicted octanol–water partition coefficient (Wildman–Crippen LogP) is 4.06. The van der Waals surface area contributed by atoms with Crippen molar-refractivity contribution in [1.29, 1.82) is 0 Å². The fraction of sp³-hybridized carbons (Fsp3) is 0.333. The first-order chi connectivity index (χ1) is 9.96. The van der Waals surface area contributed by atoms with Gasteiger partial charge in [0.1, 0.15) is 0 Å². The molecule has 0 spiro atoms. The van der Waals surface area contributed by atoms with Crippen LogP contribution >= 0.6 is 0 Å². The lowest BCUT2D eigenvalue weighted by Crippen LogP contribution is -2.28. The Bertz CT molecular complexity index is 699. The first-order valence-corrected chi connectivity index (χ1v) is 7.06. The van der Waals surface area contributed by atoms with Crippen LogP contribution in [0.5, 0.6) is 0 Å². The van der Waals surface area contributed by atoms with Gasteiger partial charge < -0.3 is 10.3 Å². The number of fused-ring (bicyclic) bond motifs is 1. The van der Waals surface area contributed by atoms with Crippen molar-refractivity contribution in [2.24, 2.45) is 5.41 Å². The lowest BCUT2D eigenvalue weighted by molar-refractivity contribution is 0.0902. The van der Waals surface area contributed by atoms with Crippen LogP contribution in [0.1, 0.15) is 54.1 Å². The van der Waals surface area contributed by atoms with E-state index in [0.717, 1.165) is 17.8 Å². The maximum atomic E-state index is 12.4. The second kappa shape index (κ2) is 5.79. The molecule has 0 radical (unpaired) electrons. The lowest BCUT2D eigenvalue weighted by atomic mass is 9.75. The van der Waals surface area contributed by atoms with Crippen LogP contribution in [-0.2, 0) is 6.42 Å². The van der Waals surface area contributed by atoms with E-state index in [1.165, 1.54) is 0 Å². The van der Waals surface area contributed by atoms with Crippen LogP contribution in [0.25, 0.3) is 0 Å². The van der Waals surface area contributed by atoms with Crippen molar-refractivity contribution < 1.29 is 9.59 Å². The molecule has 116 valence electrons. The van der Waals surface area contributed by atoms with Gasteiger partial charge in [0.15, 0.2) is 5.78 Å². The summed E-state index contributed by atoms with van der Waals surface area (Å²) in [5.74, 6) is -0.201. The van der Waals surface area contributed by atoms with Crippen molar-refractivity contribution in [3.63, 3.8) is 0 Å². The van der Waals surface area contributed by atoms with Gasteiger partial charge in [-0.15, -0.1) is 0 Å². The molecule has 0 saturated carbocycles. The Kier molecular flexibility index (Phi) is 4.22. The van der Waals surface area contributed by atoms with E-state index in [1.54, 1.807) is 6.20 Å². The molecule has 1 heterocycles. The highest BCUT2D eigenvalue weighted by Crippen LogP contribution is 2.35. The Morgan fingerprint density at radius 2 is 1.86 bits per heavy atom. The number of benzene rings is 1.